The number of nitrogens with zero attached hydrogens (tertiary/aromatic N) is 3. The summed E-state index contributed by atoms with van der Waals surface area (Å²) in [6.45, 7) is 11.1. The van der Waals surface area contributed by atoms with Crippen LogP contribution in [0.25, 0.3) is 0 Å². The molecule has 0 saturated heterocycles. The van der Waals surface area contributed by atoms with Crippen LogP contribution in [0.15, 0.2) is 66.3 Å². The number of rotatable bonds is 11. The highest BCUT2D eigenvalue weighted by Crippen LogP contribution is 2.22. The van der Waals surface area contributed by atoms with Gasteiger partial charge in [-0.1, -0.05) is 68.9 Å². The van der Waals surface area contributed by atoms with E-state index in [0.29, 0.717) is 30.1 Å². The molecule has 3 rings (SSSR count). The predicted octanol–water partition coefficient (Wildman–Crippen LogP) is 5.46. The number of hydrogen-bond acceptors (Lipinski definition) is 5. The number of hydrogen-bond donors (Lipinski definition) is 1. The molecule has 6 nitrogen and oxygen atoms in total. The summed E-state index contributed by atoms with van der Waals surface area (Å²) >= 11 is 1.35. The molecule has 3 aromatic rings. The normalized spacial score (nSPS) is 10.9. The van der Waals surface area contributed by atoms with Crippen molar-refractivity contribution in [1.82, 2.24) is 14.8 Å². The third-order valence-corrected chi connectivity index (χ3v) is 5.99. The minimum absolute atomic E-state index is 0.0768. The van der Waals surface area contributed by atoms with Crippen LogP contribution in [0, 0.1) is 0 Å². The maximum absolute atomic E-state index is 12.5. The minimum Gasteiger partial charge on any atom is -0.486 e. The molecule has 1 amide bonds. The summed E-state index contributed by atoms with van der Waals surface area (Å²) in [5.41, 5.74) is 3.23. The van der Waals surface area contributed by atoms with E-state index in [9.17, 15) is 4.79 Å². The number of aryl methyl sites for hydroxylation is 1. The van der Waals surface area contributed by atoms with Crippen LogP contribution in [0.1, 0.15) is 43.6 Å². The highest BCUT2D eigenvalue weighted by atomic mass is 32.2. The maximum atomic E-state index is 12.5. The van der Waals surface area contributed by atoms with Crippen molar-refractivity contribution < 1.29 is 9.53 Å². The number of ether oxygens (including phenoxy) is 1. The Morgan fingerprint density at radius 1 is 1.19 bits per heavy atom. The molecule has 0 bridgehead atoms. The van der Waals surface area contributed by atoms with Gasteiger partial charge >= 0.3 is 0 Å². The van der Waals surface area contributed by atoms with E-state index in [0.717, 1.165) is 23.4 Å². The van der Waals surface area contributed by atoms with E-state index in [4.69, 9.17) is 4.74 Å². The van der Waals surface area contributed by atoms with Crippen LogP contribution in [0.5, 0.6) is 5.75 Å². The van der Waals surface area contributed by atoms with Crippen LogP contribution in [0.3, 0.4) is 0 Å². The lowest BCUT2D eigenvalue weighted by molar-refractivity contribution is -0.113. The van der Waals surface area contributed by atoms with Gasteiger partial charge < -0.3 is 10.1 Å². The smallest absolute Gasteiger partial charge is 0.234 e. The van der Waals surface area contributed by atoms with Crippen LogP contribution in [-0.4, -0.2) is 26.4 Å². The molecular weight excluding hydrogens is 420 g/mol. The van der Waals surface area contributed by atoms with Gasteiger partial charge in [0.1, 0.15) is 12.4 Å². The SMILES string of the molecule is C=CCn1c(COc2ccc(C(C)C)cc2)nnc1SCC(=O)Nc1ccccc1CC. The van der Waals surface area contributed by atoms with Crippen LogP contribution in [0.4, 0.5) is 5.69 Å². The lowest BCUT2D eigenvalue weighted by Gasteiger charge is -2.11. The Labute approximate surface area is 194 Å². The molecule has 0 spiro atoms. The van der Waals surface area contributed by atoms with Gasteiger partial charge in [0.15, 0.2) is 11.0 Å². The zero-order valence-corrected chi connectivity index (χ0v) is 19.7. The van der Waals surface area contributed by atoms with Crippen molar-refractivity contribution in [2.45, 2.75) is 51.4 Å². The van der Waals surface area contributed by atoms with Crippen molar-refractivity contribution in [3.05, 3.63) is 78.1 Å². The number of anilines is 1. The fourth-order valence-corrected chi connectivity index (χ4v) is 3.98. The molecule has 0 aliphatic rings. The molecule has 7 heteroatoms. The lowest BCUT2D eigenvalue weighted by Crippen LogP contribution is -2.16. The highest BCUT2D eigenvalue weighted by molar-refractivity contribution is 7.99. The first-order valence-electron chi connectivity index (χ1n) is 10.8. The van der Waals surface area contributed by atoms with Gasteiger partial charge in [0, 0.05) is 12.2 Å². The second kappa shape index (κ2) is 11.5. The number of carbonyl (C=O) groups excluding carboxylic acids is 1. The largest absolute Gasteiger partial charge is 0.486 e. The number of carbonyl (C=O) groups is 1. The first kappa shape index (κ1) is 23.6. The van der Waals surface area contributed by atoms with Crippen LogP contribution < -0.4 is 10.1 Å². The average molecular weight is 451 g/mol. The Bertz CT molecular complexity index is 1040. The van der Waals surface area contributed by atoms with Gasteiger partial charge in [-0.2, -0.15) is 0 Å². The second-order valence-corrected chi connectivity index (χ2v) is 8.60. The van der Waals surface area contributed by atoms with E-state index in [1.807, 2.05) is 41.0 Å². The van der Waals surface area contributed by atoms with E-state index in [-0.39, 0.29) is 11.7 Å². The highest BCUT2D eigenvalue weighted by Gasteiger charge is 2.15. The first-order valence-corrected chi connectivity index (χ1v) is 11.8. The quantitative estimate of drug-likeness (QED) is 0.310. The van der Waals surface area contributed by atoms with Crippen molar-refractivity contribution in [2.75, 3.05) is 11.1 Å². The lowest BCUT2D eigenvalue weighted by atomic mass is 10.0. The Morgan fingerprint density at radius 3 is 2.62 bits per heavy atom. The van der Waals surface area contributed by atoms with Gasteiger partial charge in [-0.15, -0.1) is 16.8 Å². The summed E-state index contributed by atoms with van der Waals surface area (Å²) in [5, 5.41) is 12.2. The van der Waals surface area contributed by atoms with Crippen molar-refractivity contribution in [3.8, 4) is 5.75 Å². The van der Waals surface area contributed by atoms with E-state index in [1.165, 1.54) is 17.3 Å². The van der Waals surface area contributed by atoms with Gasteiger partial charge in [0.25, 0.3) is 0 Å². The summed E-state index contributed by atoms with van der Waals surface area (Å²) < 4.78 is 7.84. The second-order valence-electron chi connectivity index (χ2n) is 7.66. The number of allylic oxidation sites excluding steroid dienone is 1. The molecule has 32 heavy (non-hydrogen) atoms. The third-order valence-electron chi connectivity index (χ3n) is 5.02. The molecular formula is C25H30N4O2S. The molecule has 0 fully saturated rings. The topological polar surface area (TPSA) is 69.0 Å². The Hall–Kier alpha value is -3.06. The standard InChI is InChI=1S/C25H30N4O2S/c1-5-15-29-23(16-31-21-13-11-20(12-14-21)18(3)4)27-28-25(29)32-17-24(30)26-22-10-8-7-9-19(22)6-2/h5,7-14,18H,1,6,15-17H2,2-4H3,(H,26,30). The van der Waals surface area contributed by atoms with Crippen molar-refractivity contribution in [1.29, 1.82) is 0 Å². The summed E-state index contributed by atoms with van der Waals surface area (Å²) in [5.74, 6) is 2.12. The third kappa shape index (κ3) is 6.23. The molecule has 168 valence electrons. The first-order chi connectivity index (χ1) is 15.5. The van der Waals surface area contributed by atoms with Crippen LogP contribution in [0.2, 0.25) is 0 Å². The molecule has 2 aromatic carbocycles. The molecule has 0 atom stereocenters. The number of para-hydroxylation sites is 1. The monoisotopic (exact) mass is 450 g/mol. The molecule has 1 aromatic heterocycles. The zero-order chi connectivity index (χ0) is 22.9. The maximum Gasteiger partial charge on any atom is 0.234 e. The molecule has 0 aliphatic heterocycles. The number of amides is 1. The van der Waals surface area contributed by atoms with Gasteiger partial charge in [0.2, 0.25) is 5.91 Å². The Balaban J connectivity index is 1.61. The van der Waals surface area contributed by atoms with E-state index < -0.39 is 0 Å². The number of thioether (sulfide) groups is 1. The molecule has 0 unspecified atom stereocenters. The average Bonchev–Trinajstić information content (AvgIpc) is 3.18. The Morgan fingerprint density at radius 2 is 1.94 bits per heavy atom. The number of nitrogens with one attached hydrogen (secondary N) is 1. The van der Waals surface area contributed by atoms with Crippen molar-refractivity contribution >= 4 is 23.4 Å². The van der Waals surface area contributed by atoms with Crippen LogP contribution in [-0.2, 0) is 24.4 Å². The van der Waals surface area contributed by atoms with Gasteiger partial charge in [-0.3, -0.25) is 9.36 Å². The van der Waals surface area contributed by atoms with Gasteiger partial charge in [-0.05, 0) is 41.7 Å². The van der Waals surface area contributed by atoms with Crippen LogP contribution >= 0.6 is 11.8 Å². The van der Waals surface area contributed by atoms with E-state index in [2.05, 4.69) is 55.0 Å². The van der Waals surface area contributed by atoms with Gasteiger partial charge in [-0.25, -0.2) is 0 Å². The number of aromatic nitrogens is 3. The fourth-order valence-electron chi connectivity index (χ4n) is 3.21. The molecule has 0 aliphatic carbocycles. The fraction of sp³-hybridized carbons (Fsp3) is 0.320. The van der Waals surface area contributed by atoms with Gasteiger partial charge in [0.05, 0.1) is 5.75 Å². The molecule has 1 N–H and O–H groups in total. The summed E-state index contributed by atoms with van der Waals surface area (Å²) in [6.07, 6.45) is 2.65. The van der Waals surface area contributed by atoms with Crippen molar-refractivity contribution in [3.63, 3.8) is 0 Å². The summed E-state index contributed by atoms with van der Waals surface area (Å²) in [4.78, 5) is 12.5. The molecule has 0 saturated carbocycles. The minimum atomic E-state index is -0.0768. The molecule has 0 radical (unpaired) electrons. The number of benzene rings is 2. The van der Waals surface area contributed by atoms with E-state index in [1.54, 1.807) is 6.08 Å². The summed E-state index contributed by atoms with van der Waals surface area (Å²) in [7, 11) is 0. The van der Waals surface area contributed by atoms with Crippen molar-refractivity contribution in [2.24, 2.45) is 0 Å². The van der Waals surface area contributed by atoms with E-state index >= 15 is 0 Å². The summed E-state index contributed by atoms with van der Waals surface area (Å²) in [6, 6.07) is 15.9. The zero-order valence-electron chi connectivity index (χ0n) is 18.9. The predicted molar refractivity (Wildman–Crippen MR) is 130 cm³/mol. The molecule has 1 heterocycles. The Kier molecular flexibility index (Phi) is 8.50.